The fourth-order valence-electron chi connectivity index (χ4n) is 2.99. The lowest BCUT2D eigenvalue weighted by atomic mass is 9.87. The number of hydrogen-bond acceptors (Lipinski definition) is 5. The van der Waals surface area contributed by atoms with Crippen molar-refractivity contribution in [1.29, 1.82) is 0 Å². The van der Waals surface area contributed by atoms with Crippen molar-refractivity contribution in [1.82, 2.24) is 4.98 Å². The maximum atomic E-state index is 12.5. The van der Waals surface area contributed by atoms with E-state index in [-0.39, 0.29) is 11.3 Å². The first-order chi connectivity index (χ1) is 13.8. The van der Waals surface area contributed by atoms with Crippen LogP contribution in [0.3, 0.4) is 0 Å². The number of benzene rings is 2. The molecule has 0 spiro atoms. The zero-order valence-corrected chi connectivity index (χ0v) is 17.2. The highest BCUT2D eigenvalue weighted by molar-refractivity contribution is 7.14. The zero-order valence-electron chi connectivity index (χ0n) is 16.4. The Morgan fingerprint density at radius 3 is 2.52 bits per heavy atom. The molecule has 5 nitrogen and oxygen atoms in total. The van der Waals surface area contributed by atoms with Crippen LogP contribution in [0.25, 0.3) is 22.2 Å². The number of carbonyl (C=O) groups excluding carboxylic acids is 1. The molecule has 4 rings (SSSR count). The van der Waals surface area contributed by atoms with Crippen LogP contribution >= 0.6 is 11.3 Å². The van der Waals surface area contributed by atoms with E-state index in [0.29, 0.717) is 27.5 Å². The van der Waals surface area contributed by atoms with Gasteiger partial charge in [-0.1, -0.05) is 51.1 Å². The van der Waals surface area contributed by atoms with Crippen LogP contribution in [-0.4, -0.2) is 10.9 Å². The van der Waals surface area contributed by atoms with Gasteiger partial charge < -0.3 is 4.42 Å². The Balaban J connectivity index is 1.56. The van der Waals surface area contributed by atoms with E-state index in [9.17, 15) is 9.59 Å². The van der Waals surface area contributed by atoms with Gasteiger partial charge in [0, 0.05) is 16.3 Å². The number of nitrogens with zero attached hydrogens (tertiary/aromatic N) is 1. The lowest BCUT2D eigenvalue weighted by Crippen LogP contribution is -2.14. The largest absolute Gasteiger partial charge is 0.422 e. The maximum Gasteiger partial charge on any atom is 0.345 e. The Labute approximate surface area is 172 Å². The normalized spacial score (nSPS) is 11.6. The third kappa shape index (κ3) is 3.98. The van der Waals surface area contributed by atoms with Crippen LogP contribution in [0, 0.1) is 0 Å². The molecular formula is C23H20N2O3S. The second-order valence-electron chi connectivity index (χ2n) is 7.80. The van der Waals surface area contributed by atoms with E-state index in [1.807, 2.05) is 42.5 Å². The monoisotopic (exact) mass is 404 g/mol. The minimum Gasteiger partial charge on any atom is -0.422 e. The van der Waals surface area contributed by atoms with Crippen molar-refractivity contribution >= 4 is 33.3 Å². The van der Waals surface area contributed by atoms with E-state index in [2.05, 4.69) is 31.1 Å². The van der Waals surface area contributed by atoms with Gasteiger partial charge >= 0.3 is 5.63 Å². The van der Waals surface area contributed by atoms with Crippen LogP contribution in [-0.2, 0) is 5.41 Å². The maximum absolute atomic E-state index is 12.5. The zero-order chi connectivity index (χ0) is 20.6. The number of rotatable bonds is 3. The average molecular weight is 404 g/mol. The quantitative estimate of drug-likeness (QED) is 0.460. The fraction of sp³-hybridized carbons (Fsp3) is 0.174. The van der Waals surface area contributed by atoms with Gasteiger partial charge in [-0.15, -0.1) is 11.3 Å². The number of hydrogen-bond donors (Lipinski definition) is 1. The minimum absolute atomic E-state index is 0.0279. The van der Waals surface area contributed by atoms with Crippen LogP contribution in [0.2, 0.25) is 0 Å². The molecule has 0 fully saturated rings. The molecule has 4 aromatic rings. The number of fused-ring (bicyclic) bond motifs is 1. The number of aromatic nitrogens is 1. The molecular weight excluding hydrogens is 384 g/mol. The van der Waals surface area contributed by atoms with Crippen LogP contribution in [0.4, 0.5) is 5.13 Å². The second-order valence-corrected chi connectivity index (χ2v) is 8.66. The topological polar surface area (TPSA) is 72.2 Å². The molecule has 0 unspecified atom stereocenters. The van der Waals surface area contributed by atoms with Crippen molar-refractivity contribution < 1.29 is 9.21 Å². The van der Waals surface area contributed by atoms with Crippen molar-refractivity contribution in [2.45, 2.75) is 26.2 Å². The summed E-state index contributed by atoms with van der Waals surface area (Å²) in [5.41, 5.74) is 2.67. The van der Waals surface area contributed by atoms with Gasteiger partial charge in [-0.05, 0) is 35.2 Å². The molecule has 0 aliphatic carbocycles. The van der Waals surface area contributed by atoms with Crippen LogP contribution in [0.5, 0.6) is 0 Å². The highest BCUT2D eigenvalue weighted by Gasteiger charge is 2.16. The van der Waals surface area contributed by atoms with Gasteiger partial charge in [0.15, 0.2) is 5.13 Å². The van der Waals surface area contributed by atoms with Crippen molar-refractivity contribution in [3.63, 3.8) is 0 Å². The summed E-state index contributed by atoms with van der Waals surface area (Å²) in [5.74, 6) is -0.239. The summed E-state index contributed by atoms with van der Waals surface area (Å²) in [6.07, 6.45) is 0. The second kappa shape index (κ2) is 7.29. The first-order valence-electron chi connectivity index (χ1n) is 9.22. The van der Waals surface area contributed by atoms with E-state index >= 15 is 0 Å². The summed E-state index contributed by atoms with van der Waals surface area (Å²) in [6, 6.07) is 16.6. The summed E-state index contributed by atoms with van der Waals surface area (Å²) < 4.78 is 5.37. The number of amides is 1. The molecule has 0 bridgehead atoms. The smallest absolute Gasteiger partial charge is 0.345 e. The SMILES string of the molecule is CC(C)(C)c1ccc(C(=O)Nc2nc(-c3cc4ccccc4oc3=O)cs2)cc1. The van der Waals surface area contributed by atoms with Crippen molar-refractivity contribution in [2.24, 2.45) is 0 Å². The summed E-state index contributed by atoms with van der Waals surface area (Å²) >= 11 is 1.27. The van der Waals surface area contributed by atoms with E-state index in [4.69, 9.17) is 4.42 Å². The van der Waals surface area contributed by atoms with E-state index in [1.54, 1.807) is 17.5 Å². The van der Waals surface area contributed by atoms with Gasteiger partial charge in [0.2, 0.25) is 0 Å². The molecule has 0 aliphatic rings. The van der Waals surface area contributed by atoms with Crippen molar-refractivity contribution in [3.8, 4) is 11.3 Å². The predicted octanol–water partition coefficient (Wildman–Crippen LogP) is 5.47. The van der Waals surface area contributed by atoms with E-state index < -0.39 is 5.63 Å². The van der Waals surface area contributed by atoms with Crippen LogP contribution in [0.15, 0.2) is 69.2 Å². The number of para-hydroxylation sites is 1. The number of carbonyl (C=O) groups is 1. The van der Waals surface area contributed by atoms with E-state index in [0.717, 1.165) is 10.9 Å². The summed E-state index contributed by atoms with van der Waals surface area (Å²) in [7, 11) is 0. The predicted molar refractivity (Wildman–Crippen MR) is 117 cm³/mol. The number of nitrogens with one attached hydrogen (secondary N) is 1. The van der Waals surface area contributed by atoms with Crippen molar-refractivity contribution in [3.05, 3.63) is 81.5 Å². The molecule has 2 aromatic carbocycles. The molecule has 2 heterocycles. The van der Waals surface area contributed by atoms with Gasteiger partial charge in [0.1, 0.15) is 5.58 Å². The molecule has 0 aliphatic heterocycles. The molecule has 0 atom stereocenters. The average Bonchev–Trinajstić information content (AvgIpc) is 3.15. The molecule has 1 N–H and O–H groups in total. The first-order valence-corrected chi connectivity index (χ1v) is 10.1. The fourth-order valence-corrected chi connectivity index (χ4v) is 3.69. The lowest BCUT2D eigenvalue weighted by molar-refractivity contribution is 0.102. The van der Waals surface area contributed by atoms with Crippen LogP contribution < -0.4 is 10.9 Å². The van der Waals surface area contributed by atoms with E-state index in [1.165, 1.54) is 11.3 Å². The molecule has 0 radical (unpaired) electrons. The molecule has 146 valence electrons. The Kier molecular flexibility index (Phi) is 4.80. The Bertz CT molecular complexity index is 1250. The van der Waals surface area contributed by atoms with Gasteiger partial charge in [0.05, 0.1) is 11.3 Å². The molecule has 0 saturated heterocycles. The summed E-state index contributed by atoms with van der Waals surface area (Å²) in [4.78, 5) is 29.2. The minimum atomic E-state index is -0.454. The van der Waals surface area contributed by atoms with Gasteiger partial charge in [-0.25, -0.2) is 9.78 Å². The molecule has 2 aromatic heterocycles. The lowest BCUT2D eigenvalue weighted by Gasteiger charge is -2.18. The third-order valence-corrected chi connectivity index (χ3v) is 5.41. The van der Waals surface area contributed by atoms with Crippen LogP contribution in [0.1, 0.15) is 36.7 Å². The number of thiazole rings is 1. The molecule has 0 saturated carbocycles. The third-order valence-electron chi connectivity index (χ3n) is 4.66. The molecule has 6 heteroatoms. The first kappa shape index (κ1) is 19.1. The summed E-state index contributed by atoms with van der Waals surface area (Å²) in [5, 5.41) is 5.78. The summed E-state index contributed by atoms with van der Waals surface area (Å²) in [6.45, 7) is 6.38. The Morgan fingerprint density at radius 2 is 1.79 bits per heavy atom. The Morgan fingerprint density at radius 1 is 1.07 bits per heavy atom. The van der Waals surface area contributed by atoms with Crippen molar-refractivity contribution in [2.75, 3.05) is 5.32 Å². The number of anilines is 1. The highest BCUT2D eigenvalue weighted by atomic mass is 32.1. The molecule has 29 heavy (non-hydrogen) atoms. The molecule has 1 amide bonds. The van der Waals surface area contributed by atoms with Gasteiger partial charge in [-0.3, -0.25) is 10.1 Å². The highest BCUT2D eigenvalue weighted by Crippen LogP contribution is 2.26. The van der Waals surface area contributed by atoms with Gasteiger partial charge in [-0.2, -0.15) is 0 Å². The Hall–Kier alpha value is -3.25. The van der Waals surface area contributed by atoms with Gasteiger partial charge in [0.25, 0.3) is 5.91 Å². The standard InChI is InChI=1S/C23H20N2O3S/c1-23(2,3)16-10-8-14(9-11-16)20(26)25-22-24-18(13-29-22)17-12-15-6-4-5-7-19(15)28-21(17)27/h4-13H,1-3H3,(H,24,25,26).